The molecule has 0 aliphatic rings. The largest absolute Gasteiger partial charge is 0.493 e. The number of para-hydroxylation sites is 2. The second kappa shape index (κ2) is 8.87. The van der Waals surface area contributed by atoms with E-state index in [1.54, 1.807) is 7.11 Å². The first kappa shape index (κ1) is 19.8. The zero-order chi connectivity index (χ0) is 20.9. The van der Waals surface area contributed by atoms with Crippen LogP contribution in [0.15, 0.2) is 79.4 Å². The van der Waals surface area contributed by atoms with Gasteiger partial charge in [-0.2, -0.15) is 0 Å². The lowest BCUT2D eigenvalue weighted by Gasteiger charge is -2.14. The molecule has 4 nitrogen and oxygen atoms in total. The number of aromatic nitrogens is 2. The Morgan fingerprint density at radius 3 is 2.60 bits per heavy atom. The van der Waals surface area contributed by atoms with Crippen LogP contribution in [-0.4, -0.2) is 23.3 Å². The number of allylic oxidation sites excluding steroid dienone is 1. The van der Waals surface area contributed by atoms with Gasteiger partial charge in [-0.25, -0.2) is 4.98 Å². The minimum absolute atomic E-state index is 0.510. The predicted octanol–water partition coefficient (Wildman–Crippen LogP) is 5.83. The number of fused-ring (bicyclic) bond motifs is 1. The lowest BCUT2D eigenvalue weighted by atomic mass is 10.1. The molecule has 4 heteroatoms. The van der Waals surface area contributed by atoms with Crippen LogP contribution in [0.4, 0.5) is 0 Å². The van der Waals surface area contributed by atoms with Gasteiger partial charge < -0.3 is 14.0 Å². The van der Waals surface area contributed by atoms with Gasteiger partial charge in [0.25, 0.3) is 0 Å². The minimum Gasteiger partial charge on any atom is -0.493 e. The molecule has 1 aromatic heterocycles. The number of rotatable bonds is 8. The molecular formula is C26H26N2O2. The second-order valence-electron chi connectivity index (χ2n) is 7.22. The van der Waals surface area contributed by atoms with Crippen LogP contribution >= 0.6 is 0 Å². The third-order valence-corrected chi connectivity index (χ3v) is 5.22. The molecule has 0 fully saturated rings. The SMILES string of the molecule is C=CCc1ccc(OCCn2c(-c3ccccc3C)nc3ccccc32)c(OC)c1. The Bertz CT molecular complexity index is 1180. The van der Waals surface area contributed by atoms with Crippen molar-refractivity contribution in [3.8, 4) is 22.9 Å². The van der Waals surface area contributed by atoms with Gasteiger partial charge in [0.15, 0.2) is 11.5 Å². The fourth-order valence-electron chi connectivity index (χ4n) is 3.70. The number of hydrogen-bond donors (Lipinski definition) is 0. The van der Waals surface area contributed by atoms with Crippen molar-refractivity contribution >= 4 is 11.0 Å². The molecule has 0 N–H and O–H groups in total. The van der Waals surface area contributed by atoms with E-state index in [1.165, 1.54) is 5.56 Å². The number of hydrogen-bond acceptors (Lipinski definition) is 3. The van der Waals surface area contributed by atoms with Crippen molar-refractivity contribution in [2.24, 2.45) is 0 Å². The highest BCUT2D eigenvalue weighted by Crippen LogP contribution is 2.30. The topological polar surface area (TPSA) is 36.3 Å². The maximum atomic E-state index is 6.11. The number of ether oxygens (including phenoxy) is 2. The van der Waals surface area contributed by atoms with Crippen LogP contribution in [0.5, 0.6) is 11.5 Å². The molecule has 0 unspecified atom stereocenters. The summed E-state index contributed by atoms with van der Waals surface area (Å²) in [5.74, 6) is 2.45. The Kier molecular flexibility index (Phi) is 5.84. The molecule has 0 aliphatic heterocycles. The summed E-state index contributed by atoms with van der Waals surface area (Å²) >= 11 is 0. The van der Waals surface area contributed by atoms with E-state index in [2.05, 4.69) is 54.5 Å². The van der Waals surface area contributed by atoms with Gasteiger partial charge >= 0.3 is 0 Å². The van der Waals surface area contributed by atoms with Gasteiger partial charge in [-0.3, -0.25) is 0 Å². The van der Waals surface area contributed by atoms with Gasteiger partial charge in [-0.1, -0.05) is 48.5 Å². The van der Waals surface area contributed by atoms with Gasteiger partial charge in [-0.05, 0) is 48.7 Å². The summed E-state index contributed by atoms with van der Waals surface area (Å²) in [6.07, 6.45) is 2.68. The average molecular weight is 399 g/mol. The van der Waals surface area contributed by atoms with Gasteiger partial charge in [0.05, 0.1) is 24.7 Å². The van der Waals surface area contributed by atoms with Crippen LogP contribution in [-0.2, 0) is 13.0 Å². The van der Waals surface area contributed by atoms with E-state index in [9.17, 15) is 0 Å². The number of nitrogens with zero attached hydrogens (tertiary/aromatic N) is 2. The first-order chi connectivity index (χ1) is 14.7. The van der Waals surface area contributed by atoms with Crippen molar-refractivity contribution in [3.05, 3.63) is 90.5 Å². The number of aryl methyl sites for hydroxylation is 1. The summed E-state index contributed by atoms with van der Waals surface area (Å²) in [6.45, 7) is 7.10. The highest BCUT2D eigenvalue weighted by molar-refractivity contribution is 5.81. The summed E-state index contributed by atoms with van der Waals surface area (Å²) in [4.78, 5) is 4.91. The van der Waals surface area contributed by atoms with Gasteiger partial charge in [0.1, 0.15) is 12.4 Å². The molecule has 0 saturated heterocycles. The standard InChI is InChI=1S/C26H26N2O2/c1-4-9-20-14-15-24(25(18-20)29-3)30-17-16-28-23-13-8-7-12-22(23)27-26(28)21-11-6-5-10-19(21)2/h4-8,10-15,18H,1,9,16-17H2,2-3H3. The Balaban J connectivity index is 1.61. The molecule has 1 heterocycles. The van der Waals surface area contributed by atoms with E-state index in [0.717, 1.165) is 45.9 Å². The van der Waals surface area contributed by atoms with Gasteiger partial charge in [0.2, 0.25) is 0 Å². The van der Waals surface area contributed by atoms with Crippen molar-refractivity contribution < 1.29 is 9.47 Å². The van der Waals surface area contributed by atoms with Crippen LogP contribution in [0, 0.1) is 6.92 Å². The Hall–Kier alpha value is -3.53. The molecule has 0 aliphatic carbocycles. The normalized spacial score (nSPS) is 10.9. The lowest BCUT2D eigenvalue weighted by molar-refractivity contribution is 0.281. The first-order valence-corrected chi connectivity index (χ1v) is 10.1. The average Bonchev–Trinajstić information content (AvgIpc) is 3.13. The monoisotopic (exact) mass is 398 g/mol. The highest BCUT2D eigenvalue weighted by atomic mass is 16.5. The van der Waals surface area contributed by atoms with Crippen molar-refractivity contribution in [2.45, 2.75) is 19.9 Å². The second-order valence-corrected chi connectivity index (χ2v) is 7.22. The molecule has 0 amide bonds. The first-order valence-electron chi connectivity index (χ1n) is 10.1. The summed E-state index contributed by atoms with van der Waals surface area (Å²) in [5.41, 5.74) is 5.58. The molecule has 0 spiro atoms. The Morgan fingerprint density at radius 2 is 1.80 bits per heavy atom. The zero-order valence-electron chi connectivity index (χ0n) is 17.5. The van der Waals surface area contributed by atoms with Gasteiger partial charge in [-0.15, -0.1) is 6.58 Å². The molecule has 152 valence electrons. The van der Waals surface area contributed by atoms with Crippen molar-refractivity contribution in [3.63, 3.8) is 0 Å². The van der Waals surface area contributed by atoms with E-state index in [0.29, 0.717) is 13.2 Å². The molecule has 0 saturated carbocycles. The Labute approximate surface area is 177 Å². The van der Waals surface area contributed by atoms with Crippen molar-refractivity contribution in [1.82, 2.24) is 9.55 Å². The quantitative estimate of drug-likeness (QED) is 0.351. The molecule has 30 heavy (non-hydrogen) atoms. The molecule has 0 bridgehead atoms. The highest BCUT2D eigenvalue weighted by Gasteiger charge is 2.14. The summed E-state index contributed by atoms with van der Waals surface area (Å²) in [5, 5.41) is 0. The minimum atomic E-state index is 0.510. The summed E-state index contributed by atoms with van der Waals surface area (Å²) in [7, 11) is 1.67. The third-order valence-electron chi connectivity index (χ3n) is 5.22. The van der Waals surface area contributed by atoms with E-state index >= 15 is 0 Å². The molecule has 0 radical (unpaired) electrons. The maximum absolute atomic E-state index is 6.11. The smallest absolute Gasteiger partial charge is 0.161 e. The van der Waals surface area contributed by atoms with E-state index in [4.69, 9.17) is 14.5 Å². The fourth-order valence-corrected chi connectivity index (χ4v) is 3.70. The molecule has 0 atom stereocenters. The molecule has 4 aromatic rings. The summed E-state index contributed by atoms with van der Waals surface area (Å²) in [6, 6.07) is 22.6. The Morgan fingerprint density at radius 1 is 1.00 bits per heavy atom. The van der Waals surface area contributed by atoms with E-state index in [-0.39, 0.29) is 0 Å². The zero-order valence-corrected chi connectivity index (χ0v) is 17.5. The van der Waals surface area contributed by atoms with Crippen LogP contribution in [0.2, 0.25) is 0 Å². The van der Waals surface area contributed by atoms with Crippen molar-refractivity contribution in [2.75, 3.05) is 13.7 Å². The van der Waals surface area contributed by atoms with E-state index < -0.39 is 0 Å². The van der Waals surface area contributed by atoms with Crippen LogP contribution in [0.1, 0.15) is 11.1 Å². The predicted molar refractivity (Wildman–Crippen MR) is 122 cm³/mol. The molecular weight excluding hydrogens is 372 g/mol. The molecule has 3 aromatic carbocycles. The van der Waals surface area contributed by atoms with E-state index in [1.807, 2.05) is 36.4 Å². The van der Waals surface area contributed by atoms with Gasteiger partial charge in [0, 0.05) is 5.56 Å². The maximum Gasteiger partial charge on any atom is 0.161 e. The third kappa shape index (κ3) is 3.94. The van der Waals surface area contributed by atoms with Crippen LogP contribution < -0.4 is 9.47 Å². The number of methoxy groups -OCH3 is 1. The summed E-state index contributed by atoms with van der Waals surface area (Å²) < 4.78 is 13.9. The van der Waals surface area contributed by atoms with Crippen LogP contribution in [0.3, 0.4) is 0 Å². The van der Waals surface area contributed by atoms with Crippen molar-refractivity contribution in [1.29, 1.82) is 0 Å². The van der Waals surface area contributed by atoms with Crippen LogP contribution in [0.25, 0.3) is 22.4 Å². The number of benzene rings is 3. The lowest BCUT2D eigenvalue weighted by Crippen LogP contribution is -2.10. The number of imidazole rings is 1. The fraction of sp³-hybridized carbons (Fsp3) is 0.192. The molecule has 4 rings (SSSR count).